The summed E-state index contributed by atoms with van der Waals surface area (Å²) in [6, 6.07) is 7.62. The molecule has 0 unspecified atom stereocenters. The number of hydrogen-bond acceptors (Lipinski definition) is 3. The number of anilines is 1. The number of para-hydroxylation sites is 1. The van der Waals surface area contributed by atoms with E-state index in [1.54, 1.807) is 6.20 Å². The van der Waals surface area contributed by atoms with Crippen LogP contribution in [-0.2, 0) is 17.8 Å². The summed E-state index contributed by atoms with van der Waals surface area (Å²) in [4.78, 5) is 11.8. The van der Waals surface area contributed by atoms with Crippen molar-refractivity contribution in [3.63, 3.8) is 0 Å². The van der Waals surface area contributed by atoms with E-state index in [2.05, 4.69) is 15.5 Å². The number of carbonyl (C=O) groups excluding carboxylic acids is 1. The normalized spacial score (nSPS) is 10.4. The zero-order valence-corrected chi connectivity index (χ0v) is 10.9. The minimum Gasteiger partial charge on any atom is -0.399 e. The number of nitrogens with one attached hydrogen (secondary N) is 2. The van der Waals surface area contributed by atoms with Crippen LogP contribution in [0.15, 0.2) is 30.5 Å². The lowest BCUT2D eigenvalue weighted by Gasteiger charge is -2.06. The van der Waals surface area contributed by atoms with E-state index in [-0.39, 0.29) is 5.91 Å². The molecule has 0 aliphatic rings. The van der Waals surface area contributed by atoms with Crippen LogP contribution in [0.3, 0.4) is 0 Å². The highest BCUT2D eigenvalue weighted by molar-refractivity contribution is 5.76. The summed E-state index contributed by atoms with van der Waals surface area (Å²) in [5, 5.41) is 9.63. The van der Waals surface area contributed by atoms with Crippen LogP contribution < -0.4 is 11.1 Å². The van der Waals surface area contributed by atoms with Crippen molar-refractivity contribution in [2.24, 2.45) is 0 Å². The third-order valence-electron chi connectivity index (χ3n) is 3.09. The fourth-order valence-corrected chi connectivity index (χ4v) is 1.85. The second-order valence-corrected chi connectivity index (χ2v) is 4.50. The lowest BCUT2D eigenvalue weighted by Crippen LogP contribution is -2.23. The first-order valence-corrected chi connectivity index (χ1v) is 6.25. The first kappa shape index (κ1) is 13.1. The molecular formula is C14H18N4O. The number of nitrogen functional groups attached to an aromatic ring is 1. The molecule has 0 atom stereocenters. The number of rotatable bonds is 5. The molecule has 4 N–H and O–H groups in total. The Labute approximate surface area is 112 Å². The van der Waals surface area contributed by atoms with Crippen LogP contribution >= 0.6 is 0 Å². The Bertz CT molecular complexity index is 562. The lowest BCUT2D eigenvalue weighted by atomic mass is 10.1. The molecule has 0 bridgehead atoms. The average molecular weight is 258 g/mol. The first-order valence-electron chi connectivity index (χ1n) is 6.25. The van der Waals surface area contributed by atoms with Gasteiger partial charge < -0.3 is 11.1 Å². The molecule has 0 aliphatic carbocycles. The Morgan fingerprint density at radius 3 is 2.84 bits per heavy atom. The molecule has 0 radical (unpaired) electrons. The predicted octanol–water partition coefficient (Wildman–Crippen LogP) is 1.55. The number of aryl methyl sites for hydroxylation is 2. The zero-order chi connectivity index (χ0) is 13.7. The number of nitrogens with two attached hydrogens (primary N) is 1. The smallest absolute Gasteiger partial charge is 0.220 e. The van der Waals surface area contributed by atoms with E-state index in [0.717, 1.165) is 22.5 Å². The SMILES string of the molecule is Cc1[nH]ncc1CNC(=O)CCc1ccccc1N. The third-order valence-corrected chi connectivity index (χ3v) is 3.09. The van der Waals surface area contributed by atoms with E-state index in [9.17, 15) is 4.79 Å². The van der Waals surface area contributed by atoms with Crippen LogP contribution in [0.25, 0.3) is 0 Å². The van der Waals surface area contributed by atoms with E-state index in [0.29, 0.717) is 19.4 Å². The summed E-state index contributed by atoms with van der Waals surface area (Å²) in [5.74, 6) is 0.0175. The fraction of sp³-hybridized carbons (Fsp3) is 0.286. The predicted molar refractivity (Wildman–Crippen MR) is 74.3 cm³/mol. The summed E-state index contributed by atoms with van der Waals surface area (Å²) in [6.45, 7) is 2.44. The number of amides is 1. The van der Waals surface area contributed by atoms with Gasteiger partial charge in [0.1, 0.15) is 0 Å². The molecule has 0 saturated carbocycles. The highest BCUT2D eigenvalue weighted by Crippen LogP contribution is 2.12. The lowest BCUT2D eigenvalue weighted by molar-refractivity contribution is -0.121. The topological polar surface area (TPSA) is 83.8 Å². The second-order valence-electron chi connectivity index (χ2n) is 4.50. The molecule has 1 aromatic heterocycles. The van der Waals surface area contributed by atoms with Gasteiger partial charge in [-0.25, -0.2) is 0 Å². The van der Waals surface area contributed by atoms with Crippen LogP contribution in [0, 0.1) is 6.92 Å². The van der Waals surface area contributed by atoms with Crippen molar-refractivity contribution in [3.05, 3.63) is 47.3 Å². The Morgan fingerprint density at radius 2 is 2.16 bits per heavy atom. The van der Waals surface area contributed by atoms with Crippen molar-refractivity contribution in [2.75, 3.05) is 5.73 Å². The molecule has 1 amide bonds. The van der Waals surface area contributed by atoms with Gasteiger partial charge in [-0.05, 0) is 25.0 Å². The molecule has 2 rings (SSSR count). The Balaban J connectivity index is 1.79. The standard InChI is InChI=1S/C14H18N4O/c1-10-12(9-17-18-10)8-16-14(19)7-6-11-4-2-3-5-13(11)15/h2-5,9H,6-8,15H2,1H3,(H,16,19)(H,17,18). The van der Waals surface area contributed by atoms with E-state index in [4.69, 9.17) is 5.73 Å². The van der Waals surface area contributed by atoms with Gasteiger partial charge in [-0.15, -0.1) is 0 Å². The molecule has 0 aliphatic heterocycles. The number of carbonyl (C=O) groups is 1. The quantitative estimate of drug-likeness (QED) is 0.711. The number of H-pyrrole nitrogens is 1. The van der Waals surface area contributed by atoms with Crippen LogP contribution in [-0.4, -0.2) is 16.1 Å². The number of aromatic amines is 1. The third kappa shape index (κ3) is 3.58. The van der Waals surface area contributed by atoms with Gasteiger partial charge in [-0.3, -0.25) is 9.89 Å². The van der Waals surface area contributed by atoms with Crippen molar-refractivity contribution < 1.29 is 4.79 Å². The molecular weight excluding hydrogens is 240 g/mol. The van der Waals surface area contributed by atoms with E-state index in [1.165, 1.54) is 0 Å². The Morgan fingerprint density at radius 1 is 1.37 bits per heavy atom. The van der Waals surface area contributed by atoms with Gasteiger partial charge in [0.25, 0.3) is 0 Å². The average Bonchev–Trinajstić information content (AvgIpc) is 2.81. The molecule has 19 heavy (non-hydrogen) atoms. The van der Waals surface area contributed by atoms with Crippen LogP contribution in [0.5, 0.6) is 0 Å². The van der Waals surface area contributed by atoms with Gasteiger partial charge in [-0.2, -0.15) is 5.10 Å². The summed E-state index contributed by atoms with van der Waals surface area (Å²) in [7, 11) is 0. The van der Waals surface area contributed by atoms with Crippen molar-refractivity contribution in [1.29, 1.82) is 0 Å². The summed E-state index contributed by atoms with van der Waals surface area (Å²) in [5.41, 5.74) is 9.57. The van der Waals surface area contributed by atoms with E-state index < -0.39 is 0 Å². The largest absolute Gasteiger partial charge is 0.399 e. The number of aromatic nitrogens is 2. The van der Waals surface area contributed by atoms with Crippen molar-refractivity contribution in [1.82, 2.24) is 15.5 Å². The van der Waals surface area contributed by atoms with E-state index in [1.807, 2.05) is 31.2 Å². The van der Waals surface area contributed by atoms with E-state index >= 15 is 0 Å². The monoisotopic (exact) mass is 258 g/mol. The summed E-state index contributed by atoms with van der Waals surface area (Å²) < 4.78 is 0. The molecule has 0 saturated heterocycles. The van der Waals surface area contributed by atoms with Crippen LogP contribution in [0.1, 0.15) is 23.2 Å². The summed E-state index contributed by atoms with van der Waals surface area (Å²) >= 11 is 0. The minimum absolute atomic E-state index is 0.0175. The highest BCUT2D eigenvalue weighted by Gasteiger charge is 2.06. The maximum Gasteiger partial charge on any atom is 0.220 e. The fourth-order valence-electron chi connectivity index (χ4n) is 1.85. The zero-order valence-electron chi connectivity index (χ0n) is 10.9. The molecule has 1 aromatic carbocycles. The molecule has 5 nitrogen and oxygen atoms in total. The maximum atomic E-state index is 11.8. The van der Waals surface area contributed by atoms with Gasteiger partial charge in [0, 0.05) is 29.9 Å². The number of benzene rings is 1. The highest BCUT2D eigenvalue weighted by atomic mass is 16.1. The maximum absolute atomic E-state index is 11.8. The molecule has 2 aromatic rings. The minimum atomic E-state index is 0.0175. The molecule has 5 heteroatoms. The summed E-state index contributed by atoms with van der Waals surface area (Å²) in [6.07, 6.45) is 2.82. The van der Waals surface area contributed by atoms with Gasteiger partial charge in [0.2, 0.25) is 5.91 Å². The molecule has 100 valence electrons. The van der Waals surface area contributed by atoms with Crippen molar-refractivity contribution in [2.45, 2.75) is 26.3 Å². The van der Waals surface area contributed by atoms with Gasteiger partial charge in [0.15, 0.2) is 0 Å². The second kappa shape index (κ2) is 6.04. The molecule has 1 heterocycles. The molecule has 0 spiro atoms. The van der Waals surface area contributed by atoms with Gasteiger partial charge in [-0.1, -0.05) is 18.2 Å². The van der Waals surface area contributed by atoms with Crippen LogP contribution in [0.2, 0.25) is 0 Å². The van der Waals surface area contributed by atoms with Gasteiger partial charge in [0.05, 0.1) is 6.20 Å². The van der Waals surface area contributed by atoms with Gasteiger partial charge >= 0.3 is 0 Å². The Kier molecular flexibility index (Phi) is 4.18. The number of nitrogens with zero attached hydrogens (tertiary/aromatic N) is 1. The van der Waals surface area contributed by atoms with Crippen molar-refractivity contribution >= 4 is 11.6 Å². The van der Waals surface area contributed by atoms with Crippen LogP contribution in [0.4, 0.5) is 5.69 Å². The Hall–Kier alpha value is -2.30. The van der Waals surface area contributed by atoms with Crippen molar-refractivity contribution in [3.8, 4) is 0 Å². The first-order chi connectivity index (χ1) is 9.16. The molecule has 0 fully saturated rings. The number of hydrogen-bond donors (Lipinski definition) is 3.